The summed E-state index contributed by atoms with van der Waals surface area (Å²) in [5, 5.41) is 1.02. The van der Waals surface area contributed by atoms with E-state index in [0.29, 0.717) is 48.3 Å². The van der Waals surface area contributed by atoms with E-state index in [1.807, 2.05) is 4.90 Å². The van der Waals surface area contributed by atoms with Gasteiger partial charge >= 0.3 is 0 Å². The van der Waals surface area contributed by atoms with Gasteiger partial charge in [-0.1, -0.05) is 23.2 Å². The zero-order valence-corrected chi connectivity index (χ0v) is 16.3. The van der Waals surface area contributed by atoms with Crippen molar-refractivity contribution in [3.63, 3.8) is 0 Å². The number of nitrogens with zero attached hydrogens (tertiary/aromatic N) is 2. The average molecular weight is 411 g/mol. The monoisotopic (exact) mass is 410 g/mol. The molecular weight excluding hydrogens is 390 g/mol. The fourth-order valence-electron chi connectivity index (χ4n) is 3.02. The van der Waals surface area contributed by atoms with Gasteiger partial charge in [0, 0.05) is 43.3 Å². The van der Waals surface area contributed by atoms with Gasteiger partial charge in [-0.2, -0.15) is 0 Å². The molecule has 0 spiro atoms. The van der Waals surface area contributed by atoms with Crippen LogP contribution in [0.15, 0.2) is 42.5 Å². The van der Waals surface area contributed by atoms with Crippen LogP contribution in [0, 0.1) is 5.82 Å². The van der Waals surface area contributed by atoms with Gasteiger partial charge in [0.25, 0.3) is 0 Å². The van der Waals surface area contributed by atoms with Crippen LogP contribution in [0.25, 0.3) is 0 Å². The number of rotatable bonds is 6. The molecule has 0 atom stereocenters. The topological polar surface area (TPSA) is 32.8 Å². The highest BCUT2D eigenvalue weighted by Gasteiger charge is 2.21. The third kappa shape index (κ3) is 5.50. The van der Waals surface area contributed by atoms with Gasteiger partial charge in [-0.15, -0.1) is 0 Å². The molecule has 1 aliphatic heterocycles. The first-order valence-corrected chi connectivity index (χ1v) is 9.64. The zero-order valence-electron chi connectivity index (χ0n) is 14.8. The molecule has 7 heteroatoms. The third-order valence-electron chi connectivity index (χ3n) is 4.51. The SMILES string of the molecule is O=C(CCCOc1ccc(Cl)cc1Cl)N1CCN(c2ccc(F)cc2)CC1. The molecule has 0 unspecified atom stereocenters. The van der Waals surface area contributed by atoms with Crippen molar-refractivity contribution in [1.82, 2.24) is 4.90 Å². The minimum Gasteiger partial charge on any atom is -0.492 e. The molecular formula is C20H21Cl2FN2O2. The van der Waals surface area contributed by atoms with Crippen LogP contribution in [0.3, 0.4) is 0 Å². The largest absolute Gasteiger partial charge is 0.492 e. The summed E-state index contributed by atoms with van der Waals surface area (Å²) in [6, 6.07) is 11.5. The first kappa shape index (κ1) is 19.8. The van der Waals surface area contributed by atoms with Crippen LogP contribution in [0.2, 0.25) is 10.0 Å². The Kier molecular flexibility index (Phi) is 6.80. The van der Waals surface area contributed by atoms with Crippen molar-refractivity contribution < 1.29 is 13.9 Å². The van der Waals surface area contributed by atoms with Crippen LogP contribution in [-0.4, -0.2) is 43.6 Å². The van der Waals surface area contributed by atoms with E-state index in [2.05, 4.69) is 4.90 Å². The van der Waals surface area contributed by atoms with E-state index in [1.165, 1.54) is 12.1 Å². The molecule has 3 rings (SSSR count). The Morgan fingerprint density at radius 2 is 1.74 bits per heavy atom. The number of carbonyl (C=O) groups excluding carboxylic acids is 1. The fraction of sp³-hybridized carbons (Fsp3) is 0.350. The van der Waals surface area contributed by atoms with Crippen molar-refractivity contribution in [3.8, 4) is 5.75 Å². The number of ether oxygens (including phenoxy) is 1. The molecule has 2 aromatic carbocycles. The highest BCUT2D eigenvalue weighted by Crippen LogP contribution is 2.27. The molecule has 1 aliphatic rings. The van der Waals surface area contributed by atoms with E-state index in [9.17, 15) is 9.18 Å². The maximum atomic E-state index is 13.0. The summed E-state index contributed by atoms with van der Waals surface area (Å²) < 4.78 is 18.6. The highest BCUT2D eigenvalue weighted by atomic mass is 35.5. The summed E-state index contributed by atoms with van der Waals surface area (Å²) in [5.74, 6) is 0.454. The summed E-state index contributed by atoms with van der Waals surface area (Å²) >= 11 is 11.9. The average Bonchev–Trinajstić information content (AvgIpc) is 2.67. The van der Waals surface area contributed by atoms with Crippen molar-refractivity contribution in [2.45, 2.75) is 12.8 Å². The minimum absolute atomic E-state index is 0.125. The van der Waals surface area contributed by atoms with Crippen LogP contribution < -0.4 is 9.64 Å². The van der Waals surface area contributed by atoms with Gasteiger partial charge in [0.2, 0.25) is 5.91 Å². The third-order valence-corrected chi connectivity index (χ3v) is 5.04. The standard InChI is InChI=1S/C20H21Cl2FN2O2/c21-15-3-8-19(18(22)14-15)27-13-1-2-20(26)25-11-9-24(10-12-25)17-6-4-16(23)5-7-17/h3-8,14H,1-2,9-13H2. The van der Waals surface area contributed by atoms with E-state index in [-0.39, 0.29) is 11.7 Å². The Morgan fingerprint density at radius 1 is 1.04 bits per heavy atom. The number of carbonyl (C=O) groups is 1. The Balaban J connectivity index is 1.38. The second kappa shape index (κ2) is 9.29. The van der Waals surface area contributed by atoms with Crippen molar-refractivity contribution in [2.75, 3.05) is 37.7 Å². The molecule has 1 saturated heterocycles. The number of halogens is 3. The van der Waals surface area contributed by atoms with Gasteiger partial charge in [0.1, 0.15) is 11.6 Å². The lowest BCUT2D eigenvalue weighted by Gasteiger charge is -2.36. The molecule has 4 nitrogen and oxygen atoms in total. The smallest absolute Gasteiger partial charge is 0.222 e. The maximum Gasteiger partial charge on any atom is 0.222 e. The number of amides is 1. The van der Waals surface area contributed by atoms with Gasteiger partial charge in [0.05, 0.1) is 11.6 Å². The maximum absolute atomic E-state index is 13.0. The Labute approximate surface area is 168 Å². The van der Waals surface area contributed by atoms with E-state index in [1.54, 1.807) is 30.3 Å². The molecule has 1 amide bonds. The van der Waals surface area contributed by atoms with Crippen LogP contribution in [-0.2, 0) is 4.79 Å². The summed E-state index contributed by atoms with van der Waals surface area (Å²) in [4.78, 5) is 16.4. The Morgan fingerprint density at radius 3 is 2.41 bits per heavy atom. The first-order chi connectivity index (χ1) is 13.0. The molecule has 0 aromatic heterocycles. The van der Waals surface area contributed by atoms with E-state index in [4.69, 9.17) is 27.9 Å². The van der Waals surface area contributed by atoms with E-state index >= 15 is 0 Å². The molecule has 0 bridgehead atoms. The number of piperazine rings is 1. The molecule has 0 saturated carbocycles. The Hall–Kier alpha value is -1.98. The van der Waals surface area contributed by atoms with Gasteiger partial charge < -0.3 is 14.5 Å². The lowest BCUT2D eigenvalue weighted by molar-refractivity contribution is -0.131. The summed E-state index contributed by atoms with van der Waals surface area (Å²) in [7, 11) is 0. The van der Waals surface area contributed by atoms with Crippen LogP contribution >= 0.6 is 23.2 Å². The van der Waals surface area contributed by atoms with E-state index < -0.39 is 0 Å². The number of hydrogen-bond acceptors (Lipinski definition) is 3. The second-order valence-electron chi connectivity index (χ2n) is 6.37. The number of hydrogen-bond donors (Lipinski definition) is 0. The quantitative estimate of drug-likeness (QED) is 0.650. The molecule has 27 heavy (non-hydrogen) atoms. The van der Waals surface area contributed by atoms with Crippen LogP contribution in [0.5, 0.6) is 5.75 Å². The van der Waals surface area contributed by atoms with Crippen molar-refractivity contribution in [3.05, 3.63) is 58.3 Å². The predicted molar refractivity (Wildman–Crippen MR) is 106 cm³/mol. The molecule has 1 fully saturated rings. The fourth-order valence-corrected chi connectivity index (χ4v) is 3.48. The zero-order chi connectivity index (χ0) is 19.2. The number of anilines is 1. The molecule has 0 aliphatic carbocycles. The molecule has 2 aromatic rings. The van der Waals surface area contributed by atoms with Crippen LogP contribution in [0.4, 0.5) is 10.1 Å². The van der Waals surface area contributed by atoms with Crippen molar-refractivity contribution in [1.29, 1.82) is 0 Å². The highest BCUT2D eigenvalue weighted by molar-refractivity contribution is 6.35. The first-order valence-electron chi connectivity index (χ1n) is 8.89. The molecule has 1 heterocycles. The van der Waals surface area contributed by atoms with Gasteiger partial charge in [-0.05, 0) is 48.9 Å². The van der Waals surface area contributed by atoms with Gasteiger partial charge in [-0.25, -0.2) is 4.39 Å². The predicted octanol–water partition coefficient (Wildman–Crippen LogP) is 4.64. The van der Waals surface area contributed by atoms with E-state index in [0.717, 1.165) is 18.8 Å². The molecule has 0 N–H and O–H groups in total. The van der Waals surface area contributed by atoms with Gasteiger partial charge in [0.15, 0.2) is 0 Å². The van der Waals surface area contributed by atoms with Crippen LogP contribution in [0.1, 0.15) is 12.8 Å². The normalized spacial score (nSPS) is 14.3. The number of benzene rings is 2. The van der Waals surface area contributed by atoms with Crippen molar-refractivity contribution in [2.24, 2.45) is 0 Å². The lowest BCUT2D eigenvalue weighted by atomic mass is 10.2. The lowest BCUT2D eigenvalue weighted by Crippen LogP contribution is -2.48. The van der Waals surface area contributed by atoms with Crippen molar-refractivity contribution >= 4 is 34.8 Å². The summed E-state index contributed by atoms with van der Waals surface area (Å²) in [6.07, 6.45) is 1.05. The molecule has 0 radical (unpaired) electrons. The van der Waals surface area contributed by atoms with Gasteiger partial charge in [-0.3, -0.25) is 4.79 Å². The molecule has 144 valence electrons. The summed E-state index contributed by atoms with van der Waals surface area (Å²) in [5.41, 5.74) is 0.983. The minimum atomic E-state index is -0.241. The summed E-state index contributed by atoms with van der Waals surface area (Å²) in [6.45, 7) is 3.24. The Bertz CT molecular complexity index is 778. The second-order valence-corrected chi connectivity index (χ2v) is 7.21.